The number of hydrogen-bond donors (Lipinski definition) is 1. The lowest BCUT2D eigenvalue weighted by molar-refractivity contribution is -0.0342. The molecular weight excluding hydrogens is 340 g/mol. The van der Waals surface area contributed by atoms with E-state index in [1.807, 2.05) is 35.2 Å². The molecule has 2 aliphatic rings. The predicted molar refractivity (Wildman–Crippen MR) is 104 cm³/mol. The number of hydrogen-bond acceptors (Lipinski definition) is 4. The molecule has 0 aromatic heterocycles. The minimum Gasteiger partial charge on any atom is -0.445 e. The van der Waals surface area contributed by atoms with Crippen LogP contribution in [0, 0.1) is 0 Å². The Kier molecular flexibility index (Phi) is 5.23. The standard InChI is InChI=1S/C22H24N2O3/c23-12-16-6-8-18(9-7-16)19-10-20-14-26-15-21(11-19)24(20)22(25)27-13-17-4-2-1-3-5-17/h1-10,20-21H,11-15,23H2. The molecule has 2 atom stereocenters. The number of nitrogens with two attached hydrogens (primary N) is 1. The first kappa shape index (κ1) is 17.8. The van der Waals surface area contributed by atoms with Gasteiger partial charge in [-0.25, -0.2) is 4.79 Å². The molecule has 4 rings (SSSR count). The van der Waals surface area contributed by atoms with Crippen molar-refractivity contribution in [2.75, 3.05) is 13.2 Å². The molecule has 1 saturated heterocycles. The fourth-order valence-corrected chi connectivity index (χ4v) is 3.74. The SMILES string of the molecule is NCc1ccc(C2=CC3COCC(C2)N3C(=O)OCc2ccccc2)cc1. The van der Waals surface area contributed by atoms with Crippen LogP contribution in [0.5, 0.6) is 0 Å². The van der Waals surface area contributed by atoms with Gasteiger partial charge in [0.1, 0.15) is 6.61 Å². The van der Waals surface area contributed by atoms with Crippen molar-refractivity contribution >= 4 is 11.7 Å². The summed E-state index contributed by atoms with van der Waals surface area (Å²) in [5, 5.41) is 0. The van der Waals surface area contributed by atoms with E-state index >= 15 is 0 Å². The molecular formula is C22H24N2O3. The largest absolute Gasteiger partial charge is 0.445 e. The molecule has 2 bridgehead atoms. The Morgan fingerprint density at radius 2 is 1.85 bits per heavy atom. The van der Waals surface area contributed by atoms with Crippen molar-refractivity contribution in [3.8, 4) is 0 Å². The number of morpholine rings is 1. The second kappa shape index (κ2) is 7.94. The van der Waals surface area contributed by atoms with Crippen LogP contribution < -0.4 is 5.73 Å². The van der Waals surface area contributed by atoms with Crippen molar-refractivity contribution in [3.05, 3.63) is 77.4 Å². The summed E-state index contributed by atoms with van der Waals surface area (Å²) in [7, 11) is 0. The maximum atomic E-state index is 12.7. The molecule has 2 aromatic carbocycles. The average molecular weight is 364 g/mol. The molecule has 0 saturated carbocycles. The van der Waals surface area contributed by atoms with Gasteiger partial charge in [0, 0.05) is 6.54 Å². The van der Waals surface area contributed by atoms with Crippen molar-refractivity contribution in [3.63, 3.8) is 0 Å². The van der Waals surface area contributed by atoms with Crippen LogP contribution in [0.25, 0.3) is 5.57 Å². The summed E-state index contributed by atoms with van der Waals surface area (Å²) >= 11 is 0. The van der Waals surface area contributed by atoms with E-state index in [0.29, 0.717) is 19.8 Å². The molecule has 2 N–H and O–H groups in total. The summed E-state index contributed by atoms with van der Waals surface area (Å²) < 4.78 is 11.3. The molecule has 2 aliphatic heterocycles. The van der Waals surface area contributed by atoms with E-state index in [1.165, 1.54) is 11.1 Å². The molecule has 0 radical (unpaired) electrons. The maximum absolute atomic E-state index is 12.7. The van der Waals surface area contributed by atoms with Crippen LogP contribution in [0.4, 0.5) is 4.79 Å². The highest BCUT2D eigenvalue weighted by atomic mass is 16.6. The monoisotopic (exact) mass is 364 g/mol. The molecule has 0 spiro atoms. The number of carbonyl (C=O) groups excluding carboxylic acids is 1. The number of amides is 1. The van der Waals surface area contributed by atoms with Gasteiger partial charge in [0.2, 0.25) is 0 Å². The minimum absolute atomic E-state index is 0.00112. The molecule has 27 heavy (non-hydrogen) atoms. The second-order valence-electron chi connectivity index (χ2n) is 7.00. The average Bonchev–Trinajstić information content (AvgIpc) is 2.72. The molecule has 0 aliphatic carbocycles. The lowest BCUT2D eigenvalue weighted by atomic mass is 9.90. The Morgan fingerprint density at radius 1 is 1.07 bits per heavy atom. The van der Waals surface area contributed by atoms with E-state index in [1.54, 1.807) is 0 Å². The van der Waals surface area contributed by atoms with Crippen LogP contribution in [0.3, 0.4) is 0 Å². The zero-order valence-corrected chi connectivity index (χ0v) is 15.2. The van der Waals surface area contributed by atoms with E-state index in [9.17, 15) is 4.79 Å². The smallest absolute Gasteiger partial charge is 0.411 e. The van der Waals surface area contributed by atoms with E-state index in [4.69, 9.17) is 15.2 Å². The number of ether oxygens (including phenoxy) is 2. The highest BCUT2D eigenvalue weighted by Gasteiger charge is 2.39. The van der Waals surface area contributed by atoms with Gasteiger partial charge >= 0.3 is 6.09 Å². The van der Waals surface area contributed by atoms with Gasteiger partial charge < -0.3 is 15.2 Å². The van der Waals surface area contributed by atoms with Crippen molar-refractivity contribution in [1.82, 2.24) is 4.90 Å². The van der Waals surface area contributed by atoms with Gasteiger partial charge in [0.15, 0.2) is 0 Å². The summed E-state index contributed by atoms with van der Waals surface area (Å²) in [6.07, 6.45) is 2.63. The fourth-order valence-electron chi connectivity index (χ4n) is 3.74. The van der Waals surface area contributed by atoms with Gasteiger partial charge in [-0.1, -0.05) is 60.7 Å². The van der Waals surface area contributed by atoms with Crippen LogP contribution in [0.2, 0.25) is 0 Å². The molecule has 2 aromatic rings. The Balaban J connectivity index is 1.48. The van der Waals surface area contributed by atoms with Gasteiger partial charge in [0.25, 0.3) is 0 Å². The maximum Gasteiger partial charge on any atom is 0.411 e. The normalized spacial score (nSPS) is 21.5. The number of fused-ring (bicyclic) bond motifs is 2. The Labute approximate surface area is 159 Å². The fraction of sp³-hybridized carbons (Fsp3) is 0.318. The number of nitrogens with zero attached hydrogens (tertiary/aromatic N) is 1. The van der Waals surface area contributed by atoms with Gasteiger partial charge in [-0.3, -0.25) is 4.90 Å². The molecule has 2 heterocycles. The van der Waals surface area contributed by atoms with Crippen LogP contribution in [0.15, 0.2) is 60.7 Å². The lowest BCUT2D eigenvalue weighted by Gasteiger charge is -2.43. The van der Waals surface area contributed by atoms with Gasteiger partial charge in [0.05, 0.1) is 25.3 Å². The number of benzene rings is 2. The van der Waals surface area contributed by atoms with E-state index < -0.39 is 0 Å². The summed E-state index contributed by atoms with van der Waals surface area (Å²) in [5.74, 6) is 0. The third kappa shape index (κ3) is 3.89. The van der Waals surface area contributed by atoms with E-state index in [-0.39, 0.29) is 24.8 Å². The van der Waals surface area contributed by atoms with E-state index in [0.717, 1.165) is 17.5 Å². The second-order valence-corrected chi connectivity index (χ2v) is 7.00. The zero-order chi connectivity index (χ0) is 18.6. The third-order valence-electron chi connectivity index (χ3n) is 5.18. The molecule has 2 unspecified atom stereocenters. The Morgan fingerprint density at radius 3 is 2.56 bits per heavy atom. The van der Waals surface area contributed by atoms with Crippen molar-refractivity contribution in [2.45, 2.75) is 31.7 Å². The minimum atomic E-state index is -0.272. The van der Waals surface area contributed by atoms with Crippen LogP contribution >= 0.6 is 0 Å². The van der Waals surface area contributed by atoms with Crippen molar-refractivity contribution in [2.24, 2.45) is 5.73 Å². The van der Waals surface area contributed by atoms with E-state index in [2.05, 4.69) is 30.3 Å². The van der Waals surface area contributed by atoms with Gasteiger partial charge in [-0.2, -0.15) is 0 Å². The summed E-state index contributed by atoms with van der Waals surface area (Å²) in [4.78, 5) is 14.6. The summed E-state index contributed by atoms with van der Waals surface area (Å²) in [6.45, 7) is 1.86. The highest BCUT2D eigenvalue weighted by Crippen LogP contribution is 2.33. The Hall–Kier alpha value is -2.63. The summed E-state index contributed by atoms with van der Waals surface area (Å²) in [5.41, 5.74) is 10.2. The zero-order valence-electron chi connectivity index (χ0n) is 15.2. The number of carbonyl (C=O) groups is 1. The first-order valence-corrected chi connectivity index (χ1v) is 9.31. The van der Waals surface area contributed by atoms with Crippen molar-refractivity contribution in [1.29, 1.82) is 0 Å². The van der Waals surface area contributed by atoms with Crippen LogP contribution in [-0.2, 0) is 22.6 Å². The summed E-state index contributed by atoms with van der Waals surface area (Å²) in [6, 6.07) is 18.0. The van der Waals surface area contributed by atoms with Gasteiger partial charge in [-0.05, 0) is 28.7 Å². The van der Waals surface area contributed by atoms with Gasteiger partial charge in [-0.15, -0.1) is 0 Å². The molecule has 1 amide bonds. The number of rotatable bonds is 4. The van der Waals surface area contributed by atoms with Crippen molar-refractivity contribution < 1.29 is 14.3 Å². The predicted octanol–water partition coefficient (Wildman–Crippen LogP) is 3.34. The van der Waals surface area contributed by atoms with Crippen LogP contribution in [-0.4, -0.2) is 36.3 Å². The Bertz CT molecular complexity index is 817. The molecule has 5 nitrogen and oxygen atoms in total. The highest BCUT2D eigenvalue weighted by molar-refractivity contribution is 5.74. The molecule has 140 valence electrons. The quantitative estimate of drug-likeness (QED) is 0.904. The first-order chi connectivity index (χ1) is 13.2. The molecule has 5 heteroatoms. The third-order valence-corrected chi connectivity index (χ3v) is 5.18. The lowest BCUT2D eigenvalue weighted by Crippen LogP contribution is -2.56. The topological polar surface area (TPSA) is 64.8 Å². The molecule has 1 fully saturated rings. The first-order valence-electron chi connectivity index (χ1n) is 9.31. The van der Waals surface area contributed by atoms with Crippen LogP contribution in [0.1, 0.15) is 23.1 Å².